The standard InChI is InChI=1S/C21H19FN4O3/c1-12(13-2-5-17-14(8-13)3-7-19(27)25-17)24-20(28)10-26-11-23-18-6-4-15(22)9-16(18)21(26)29/h2,4-6,8-9,11-12H,3,7,10H2,1H3,(H,24,28)(H,25,27). The molecule has 3 aromatic rings. The second-order valence-corrected chi connectivity index (χ2v) is 7.09. The number of benzene rings is 2. The molecule has 2 heterocycles. The molecule has 2 N–H and O–H groups in total. The van der Waals surface area contributed by atoms with E-state index in [1.807, 2.05) is 25.1 Å². The van der Waals surface area contributed by atoms with Crippen LogP contribution in [0.2, 0.25) is 0 Å². The molecule has 1 aromatic heterocycles. The van der Waals surface area contributed by atoms with Crippen molar-refractivity contribution >= 4 is 28.4 Å². The SMILES string of the molecule is CC(NC(=O)Cn1cnc2ccc(F)cc2c1=O)c1ccc2c(c1)CCC(=O)N2. The van der Waals surface area contributed by atoms with Crippen molar-refractivity contribution in [3.05, 3.63) is 70.0 Å². The lowest BCUT2D eigenvalue weighted by atomic mass is 9.98. The first kappa shape index (κ1) is 18.8. The second-order valence-electron chi connectivity index (χ2n) is 7.09. The Morgan fingerprint density at radius 3 is 2.90 bits per heavy atom. The Bertz CT molecular complexity index is 1190. The number of nitrogens with one attached hydrogen (secondary N) is 2. The van der Waals surface area contributed by atoms with Gasteiger partial charge in [-0.1, -0.05) is 12.1 Å². The molecule has 0 spiro atoms. The van der Waals surface area contributed by atoms with Gasteiger partial charge in [-0.3, -0.25) is 19.0 Å². The van der Waals surface area contributed by atoms with Crippen LogP contribution in [0.3, 0.4) is 0 Å². The van der Waals surface area contributed by atoms with Crippen LogP contribution in [-0.4, -0.2) is 21.4 Å². The van der Waals surface area contributed by atoms with Gasteiger partial charge in [0.1, 0.15) is 12.4 Å². The third-order valence-electron chi connectivity index (χ3n) is 5.00. The molecule has 8 heteroatoms. The van der Waals surface area contributed by atoms with Crippen LogP contribution in [-0.2, 0) is 22.6 Å². The van der Waals surface area contributed by atoms with E-state index < -0.39 is 11.4 Å². The van der Waals surface area contributed by atoms with Crippen molar-refractivity contribution in [1.82, 2.24) is 14.9 Å². The number of fused-ring (bicyclic) bond motifs is 2. The smallest absolute Gasteiger partial charge is 0.261 e. The van der Waals surface area contributed by atoms with Crippen LogP contribution >= 0.6 is 0 Å². The topological polar surface area (TPSA) is 93.1 Å². The summed E-state index contributed by atoms with van der Waals surface area (Å²) in [5.74, 6) is -0.889. The maximum Gasteiger partial charge on any atom is 0.261 e. The third-order valence-corrected chi connectivity index (χ3v) is 5.00. The maximum absolute atomic E-state index is 13.4. The van der Waals surface area contributed by atoms with E-state index in [4.69, 9.17) is 0 Å². The predicted octanol–water partition coefficient (Wildman–Crippen LogP) is 2.30. The first-order valence-electron chi connectivity index (χ1n) is 9.27. The van der Waals surface area contributed by atoms with Gasteiger partial charge in [0.25, 0.3) is 5.56 Å². The summed E-state index contributed by atoms with van der Waals surface area (Å²) in [6, 6.07) is 9.14. The van der Waals surface area contributed by atoms with Crippen molar-refractivity contribution in [3.8, 4) is 0 Å². The first-order valence-corrected chi connectivity index (χ1v) is 9.27. The molecule has 4 rings (SSSR count). The van der Waals surface area contributed by atoms with Crippen LogP contribution in [0.15, 0.2) is 47.5 Å². The molecule has 1 unspecified atom stereocenters. The molecule has 2 amide bonds. The fourth-order valence-corrected chi connectivity index (χ4v) is 3.44. The molecule has 7 nitrogen and oxygen atoms in total. The van der Waals surface area contributed by atoms with Crippen molar-refractivity contribution in [3.63, 3.8) is 0 Å². The molecule has 0 radical (unpaired) electrons. The van der Waals surface area contributed by atoms with Crippen LogP contribution < -0.4 is 16.2 Å². The highest BCUT2D eigenvalue weighted by atomic mass is 19.1. The highest BCUT2D eigenvalue weighted by Crippen LogP contribution is 2.26. The minimum absolute atomic E-state index is 0.000851. The monoisotopic (exact) mass is 394 g/mol. The highest BCUT2D eigenvalue weighted by molar-refractivity contribution is 5.93. The zero-order chi connectivity index (χ0) is 20.5. The number of rotatable bonds is 4. The van der Waals surface area contributed by atoms with Gasteiger partial charge in [0.05, 0.1) is 23.3 Å². The third kappa shape index (κ3) is 3.87. The van der Waals surface area contributed by atoms with Crippen molar-refractivity contribution in [1.29, 1.82) is 0 Å². The number of nitrogens with zero attached hydrogens (tertiary/aromatic N) is 2. The molecular formula is C21H19FN4O3. The summed E-state index contributed by atoms with van der Waals surface area (Å²) in [5.41, 5.74) is 2.63. The molecule has 0 fully saturated rings. The fraction of sp³-hybridized carbons (Fsp3) is 0.238. The summed E-state index contributed by atoms with van der Waals surface area (Å²) in [7, 11) is 0. The van der Waals surface area contributed by atoms with Gasteiger partial charge in [0, 0.05) is 12.1 Å². The van der Waals surface area contributed by atoms with E-state index in [0.29, 0.717) is 18.4 Å². The van der Waals surface area contributed by atoms with Gasteiger partial charge in [-0.15, -0.1) is 0 Å². The van der Waals surface area contributed by atoms with Gasteiger partial charge in [0.2, 0.25) is 11.8 Å². The lowest BCUT2D eigenvalue weighted by Gasteiger charge is -2.20. The van der Waals surface area contributed by atoms with Crippen LogP contribution in [0.25, 0.3) is 10.9 Å². The molecule has 0 aliphatic carbocycles. The van der Waals surface area contributed by atoms with Crippen LogP contribution in [0.4, 0.5) is 10.1 Å². The van der Waals surface area contributed by atoms with Crippen LogP contribution in [0.5, 0.6) is 0 Å². The Kier molecular flexibility index (Phi) is 4.84. The lowest BCUT2D eigenvalue weighted by Crippen LogP contribution is -2.34. The normalized spacial score (nSPS) is 14.2. The quantitative estimate of drug-likeness (QED) is 0.710. The van der Waals surface area contributed by atoms with E-state index in [1.165, 1.54) is 18.5 Å². The zero-order valence-corrected chi connectivity index (χ0v) is 15.7. The number of amides is 2. The van der Waals surface area contributed by atoms with E-state index in [2.05, 4.69) is 15.6 Å². The molecule has 29 heavy (non-hydrogen) atoms. The Morgan fingerprint density at radius 1 is 1.24 bits per heavy atom. The van der Waals surface area contributed by atoms with Crippen LogP contribution in [0, 0.1) is 5.82 Å². The summed E-state index contributed by atoms with van der Waals surface area (Å²) < 4.78 is 14.6. The Hall–Kier alpha value is -3.55. The van der Waals surface area contributed by atoms with Crippen LogP contribution in [0.1, 0.15) is 30.5 Å². The number of hydrogen-bond donors (Lipinski definition) is 2. The van der Waals surface area contributed by atoms with Gasteiger partial charge >= 0.3 is 0 Å². The number of anilines is 1. The summed E-state index contributed by atoms with van der Waals surface area (Å²) >= 11 is 0. The number of hydrogen-bond acceptors (Lipinski definition) is 4. The minimum Gasteiger partial charge on any atom is -0.348 e. The van der Waals surface area contributed by atoms with Gasteiger partial charge in [0.15, 0.2) is 0 Å². The lowest BCUT2D eigenvalue weighted by molar-refractivity contribution is -0.122. The molecule has 148 valence electrons. The van der Waals surface area contributed by atoms with E-state index in [0.717, 1.165) is 27.4 Å². The maximum atomic E-state index is 13.4. The van der Waals surface area contributed by atoms with Crippen molar-refractivity contribution in [2.75, 3.05) is 5.32 Å². The molecule has 1 aliphatic heterocycles. The molecule has 1 atom stereocenters. The Labute approximate surface area is 165 Å². The molecule has 0 saturated heterocycles. The van der Waals surface area contributed by atoms with E-state index >= 15 is 0 Å². The summed E-state index contributed by atoms with van der Waals surface area (Å²) in [5, 5.41) is 5.81. The summed E-state index contributed by atoms with van der Waals surface area (Å²) in [6.45, 7) is 1.63. The van der Waals surface area contributed by atoms with Gasteiger partial charge in [-0.25, -0.2) is 9.37 Å². The minimum atomic E-state index is -0.532. The highest BCUT2D eigenvalue weighted by Gasteiger charge is 2.17. The number of carbonyl (C=O) groups excluding carboxylic acids is 2. The van der Waals surface area contributed by atoms with Crippen molar-refractivity contribution in [2.24, 2.45) is 0 Å². The van der Waals surface area contributed by atoms with Crippen molar-refractivity contribution in [2.45, 2.75) is 32.4 Å². The predicted molar refractivity (Wildman–Crippen MR) is 106 cm³/mol. The number of halogens is 1. The Morgan fingerprint density at radius 2 is 2.07 bits per heavy atom. The average Bonchev–Trinajstić information content (AvgIpc) is 2.70. The number of carbonyl (C=O) groups is 2. The average molecular weight is 394 g/mol. The molecule has 2 aromatic carbocycles. The zero-order valence-electron chi connectivity index (χ0n) is 15.7. The summed E-state index contributed by atoms with van der Waals surface area (Å²) in [6.07, 6.45) is 2.38. The van der Waals surface area contributed by atoms with E-state index in [-0.39, 0.29) is 29.8 Å². The van der Waals surface area contributed by atoms with E-state index in [1.54, 1.807) is 0 Å². The number of aromatic nitrogens is 2. The fourth-order valence-electron chi connectivity index (χ4n) is 3.44. The van der Waals surface area contributed by atoms with Gasteiger partial charge in [-0.05, 0) is 48.7 Å². The molecule has 1 aliphatic rings. The Balaban J connectivity index is 1.49. The van der Waals surface area contributed by atoms with E-state index in [9.17, 15) is 18.8 Å². The molecule has 0 bridgehead atoms. The molecular weight excluding hydrogens is 375 g/mol. The van der Waals surface area contributed by atoms with Crippen molar-refractivity contribution < 1.29 is 14.0 Å². The first-order chi connectivity index (χ1) is 13.9. The number of aryl methyl sites for hydroxylation is 1. The largest absolute Gasteiger partial charge is 0.348 e. The van der Waals surface area contributed by atoms with Gasteiger partial charge < -0.3 is 10.6 Å². The second kappa shape index (κ2) is 7.46. The summed E-state index contributed by atoms with van der Waals surface area (Å²) in [4.78, 5) is 40.5. The van der Waals surface area contributed by atoms with Gasteiger partial charge in [-0.2, -0.15) is 0 Å². The molecule has 0 saturated carbocycles.